The van der Waals surface area contributed by atoms with Crippen LogP contribution in [0.15, 0.2) is 53.6 Å². The molecule has 0 aromatic heterocycles. The molecular formula is C22H26N4O4. The fourth-order valence-corrected chi connectivity index (χ4v) is 2.31. The van der Waals surface area contributed by atoms with Crippen LogP contribution in [0, 0.1) is 12.8 Å². The molecule has 0 bridgehead atoms. The summed E-state index contributed by atoms with van der Waals surface area (Å²) in [6.07, 6.45) is 1.40. The van der Waals surface area contributed by atoms with Crippen LogP contribution in [0.1, 0.15) is 25.0 Å². The molecule has 2 aromatic rings. The van der Waals surface area contributed by atoms with Crippen molar-refractivity contribution in [1.29, 1.82) is 0 Å². The summed E-state index contributed by atoms with van der Waals surface area (Å²) >= 11 is 0. The van der Waals surface area contributed by atoms with Crippen LogP contribution in [-0.4, -0.2) is 37.1 Å². The number of hydrogen-bond acceptors (Lipinski definition) is 5. The van der Waals surface area contributed by atoms with Crippen LogP contribution in [0.3, 0.4) is 0 Å². The first-order valence-electron chi connectivity index (χ1n) is 9.54. The van der Waals surface area contributed by atoms with E-state index in [0.717, 1.165) is 11.3 Å². The Bertz CT molecular complexity index is 908. The Kier molecular flexibility index (Phi) is 8.56. The summed E-state index contributed by atoms with van der Waals surface area (Å²) < 4.78 is 5.47. The van der Waals surface area contributed by atoms with Gasteiger partial charge in [-0.05, 0) is 60.4 Å². The average molecular weight is 410 g/mol. The number of aryl methyl sites for hydroxylation is 1. The number of hydrogen-bond donors (Lipinski definition) is 3. The summed E-state index contributed by atoms with van der Waals surface area (Å²) in [4.78, 5) is 35.1. The minimum atomic E-state index is -0.827. The highest BCUT2D eigenvalue weighted by atomic mass is 16.5. The summed E-state index contributed by atoms with van der Waals surface area (Å²) in [5.74, 6) is -1.05. The van der Waals surface area contributed by atoms with Gasteiger partial charge in [0.2, 0.25) is 0 Å². The van der Waals surface area contributed by atoms with Gasteiger partial charge in [0.25, 0.3) is 5.91 Å². The maximum atomic E-state index is 12.0. The molecule has 3 amide bonds. The summed E-state index contributed by atoms with van der Waals surface area (Å²) in [5.41, 5.74) is 4.63. The van der Waals surface area contributed by atoms with E-state index < -0.39 is 11.8 Å². The number of amides is 3. The van der Waals surface area contributed by atoms with Gasteiger partial charge in [0.15, 0.2) is 6.61 Å². The molecule has 0 unspecified atom stereocenters. The largest absolute Gasteiger partial charge is 0.484 e. The van der Waals surface area contributed by atoms with E-state index in [-0.39, 0.29) is 18.4 Å². The van der Waals surface area contributed by atoms with E-state index in [1.165, 1.54) is 6.21 Å². The highest BCUT2D eigenvalue weighted by Crippen LogP contribution is 2.12. The Labute approximate surface area is 175 Å². The normalized spacial score (nSPS) is 10.7. The highest BCUT2D eigenvalue weighted by Gasteiger charge is 2.12. The van der Waals surface area contributed by atoms with E-state index in [2.05, 4.69) is 21.2 Å². The minimum absolute atomic E-state index is 0.122. The zero-order chi connectivity index (χ0) is 21.9. The predicted molar refractivity (Wildman–Crippen MR) is 115 cm³/mol. The molecule has 0 saturated carbocycles. The van der Waals surface area contributed by atoms with Crippen molar-refractivity contribution in [2.24, 2.45) is 11.0 Å². The van der Waals surface area contributed by atoms with Crippen molar-refractivity contribution in [1.82, 2.24) is 10.7 Å². The van der Waals surface area contributed by atoms with Crippen LogP contribution in [0.4, 0.5) is 5.69 Å². The van der Waals surface area contributed by atoms with E-state index in [4.69, 9.17) is 4.74 Å². The van der Waals surface area contributed by atoms with E-state index in [1.807, 2.05) is 45.0 Å². The van der Waals surface area contributed by atoms with Crippen molar-refractivity contribution in [3.05, 3.63) is 59.7 Å². The van der Waals surface area contributed by atoms with Crippen LogP contribution < -0.4 is 20.8 Å². The van der Waals surface area contributed by atoms with Gasteiger partial charge in [-0.1, -0.05) is 26.0 Å². The lowest BCUT2D eigenvalue weighted by molar-refractivity contribution is -0.139. The molecule has 30 heavy (non-hydrogen) atoms. The molecule has 0 aliphatic carbocycles. The number of hydrazone groups is 1. The number of carbonyl (C=O) groups excluding carboxylic acids is 3. The summed E-state index contributed by atoms with van der Waals surface area (Å²) in [6, 6.07) is 14.3. The van der Waals surface area contributed by atoms with Crippen LogP contribution in [0.5, 0.6) is 5.75 Å². The molecule has 2 aromatic carbocycles. The summed E-state index contributed by atoms with van der Waals surface area (Å²) in [6.45, 7) is 6.11. The summed E-state index contributed by atoms with van der Waals surface area (Å²) in [7, 11) is 0. The van der Waals surface area contributed by atoms with Crippen LogP contribution in [0.2, 0.25) is 0 Å². The van der Waals surface area contributed by atoms with Gasteiger partial charge in [0, 0.05) is 12.2 Å². The van der Waals surface area contributed by atoms with Crippen LogP contribution in [-0.2, 0) is 14.4 Å². The Balaban J connectivity index is 1.76. The van der Waals surface area contributed by atoms with E-state index in [0.29, 0.717) is 17.9 Å². The molecule has 0 atom stereocenters. The van der Waals surface area contributed by atoms with Crippen molar-refractivity contribution in [3.8, 4) is 5.75 Å². The van der Waals surface area contributed by atoms with Crippen LogP contribution in [0.25, 0.3) is 0 Å². The third-order valence-corrected chi connectivity index (χ3v) is 3.81. The third kappa shape index (κ3) is 8.14. The fraction of sp³-hybridized carbons (Fsp3) is 0.273. The lowest BCUT2D eigenvalue weighted by Gasteiger charge is -2.08. The summed E-state index contributed by atoms with van der Waals surface area (Å²) in [5, 5.41) is 9.03. The van der Waals surface area contributed by atoms with E-state index >= 15 is 0 Å². The average Bonchev–Trinajstić information content (AvgIpc) is 2.71. The molecule has 0 fully saturated rings. The van der Waals surface area contributed by atoms with Crippen molar-refractivity contribution in [2.75, 3.05) is 18.5 Å². The van der Waals surface area contributed by atoms with Crippen LogP contribution >= 0.6 is 0 Å². The van der Waals surface area contributed by atoms with E-state index in [9.17, 15) is 14.4 Å². The first-order valence-corrected chi connectivity index (χ1v) is 9.54. The first-order chi connectivity index (χ1) is 14.3. The number of benzene rings is 2. The Morgan fingerprint density at radius 1 is 1.07 bits per heavy atom. The second-order valence-electron chi connectivity index (χ2n) is 7.08. The number of rotatable bonds is 8. The smallest absolute Gasteiger partial charge is 0.329 e. The Morgan fingerprint density at radius 2 is 1.80 bits per heavy atom. The topological polar surface area (TPSA) is 109 Å². The lowest BCUT2D eigenvalue weighted by Crippen LogP contribution is -2.39. The van der Waals surface area contributed by atoms with Gasteiger partial charge >= 0.3 is 11.8 Å². The SMILES string of the molecule is Cc1cccc(NC(=O)COc2ccc(/C=N\NC(=O)C(=O)NCC(C)C)cc2)c1. The Hall–Kier alpha value is -3.68. The molecule has 3 N–H and O–H groups in total. The van der Waals surface area contributed by atoms with Gasteiger partial charge in [-0.15, -0.1) is 0 Å². The molecule has 0 aliphatic heterocycles. The van der Waals surface area contributed by atoms with Gasteiger partial charge in [-0.3, -0.25) is 14.4 Å². The molecular weight excluding hydrogens is 384 g/mol. The number of anilines is 1. The number of nitrogens with zero attached hydrogens (tertiary/aromatic N) is 1. The van der Waals surface area contributed by atoms with Gasteiger partial charge in [-0.25, -0.2) is 5.43 Å². The quantitative estimate of drug-likeness (QED) is 0.352. The molecule has 0 spiro atoms. The molecule has 0 saturated heterocycles. The van der Waals surface area contributed by atoms with Gasteiger partial charge in [0.05, 0.1) is 6.21 Å². The third-order valence-electron chi connectivity index (χ3n) is 3.81. The predicted octanol–water partition coefficient (Wildman–Crippen LogP) is 2.23. The lowest BCUT2D eigenvalue weighted by atomic mass is 10.2. The van der Waals surface area contributed by atoms with Crippen molar-refractivity contribution >= 4 is 29.6 Å². The molecule has 8 nitrogen and oxygen atoms in total. The van der Waals surface area contributed by atoms with Gasteiger partial charge in [-0.2, -0.15) is 5.10 Å². The maximum Gasteiger partial charge on any atom is 0.329 e. The maximum absolute atomic E-state index is 12.0. The van der Waals surface area contributed by atoms with Crippen molar-refractivity contribution < 1.29 is 19.1 Å². The molecule has 0 heterocycles. The standard InChI is InChI=1S/C22H26N4O4/c1-15(2)12-23-21(28)22(29)26-24-13-17-7-9-19(10-8-17)30-14-20(27)25-18-6-4-5-16(3)11-18/h4-11,13,15H,12,14H2,1-3H3,(H,23,28)(H,25,27)(H,26,29)/b24-13-. The van der Waals surface area contributed by atoms with Gasteiger partial charge < -0.3 is 15.4 Å². The minimum Gasteiger partial charge on any atom is -0.484 e. The second-order valence-corrected chi connectivity index (χ2v) is 7.08. The second kappa shape index (κ2) is 11.4. The monoisotopic (exact) mass is 410 g/mol. The zero-order valence-corrected chi connectivity index (χ0v) is 17.3. The first kappa shape index (κ1) is 22.6. The van der Waals surface area contributed by atoms with Crippen molar-refractivity contribution in [3.63, 3.8) is 0 Å². The van der Waals surface area contributed by atoms with Crippen molar-refractivity contribution in [2.45, 2.75) is 20.8 Å². The molecule has 2 rings (SSSR count). The fourth-order valence-electron chi connectivity index (χ4n) is 2.31. The Morgan fingerprint density at radius 3 is 2.47 bits per heavy atom. The zero-order valence-electron chi connectivity index (χ0n) is 17.3. The number of nitrogens with one attached hydrogen (secondary N) is 3. The molecule has 0 aliphatic rings. The molecule has 158 valence electrons. The number of carbonyl (C=O) groups is 3. The number of ether oxygens (including phenoxy) is 1. The van der Waals surface area contributed by atoms with Gasteiger partial charge in [0.1, 0.15) is 5.75 Å². The highest BCUT2D eigenvalue weighted by molar-refractivity contribution is 6.35. The van der Waals surface area contributed by atoms with E-state index in [1.54, 1.807) is 24.3 Å². The molecule has 0 radical (unpaired) electrons. The molecule has 8 heteroatoms.